The van der Waals surface area contributed by atoms with Crippen LogP contribution in [-0.4, -0.2) is 50.6 Å². The third kappa shape index (κ3) is 7.07. The van der Waals surface area contributed by atoms with E-state index < -0.39 is 12.1 Å². The Morgan fingerprint density at radius 3 is 2.80 bits per heavy atom. The Bertz CT molecular complexity index is 206. The molecule has 0 aliphatic rings. The van der Waals surface area contributed by atoms with Crippen molar-refractivity contribution in [2.45, 2.75) is 13.0 Å². The lowest BCUT2D eigenvalue weighted by atomic mass is 10.3. The first-order valence-electron chi connectivity index (χ1n) is 4.84. The minimum Gasteiger partial charge on any atom is -0.463 e. The molecule has 88 valence electrons. The number of ether oxygens (including phenoxy) is 2. The van der Waals surface area contributed by atoms with Crippen LogP contribution < -0.4 is 5.32 Å². The number of carbonyl (C=O) groups is 1. The molecule has 0 fully saturated rings. The Kier molecular flexibility index (Phi) is 7.89. The summed E-state index contributed by atoms with van der Waals surface area (Å²) in [7, 11) is 1.51. The van der Waals surface area contributed by atoms with Gasteiger partial charge in [0.25, 0.3) is 0 Å². The molecule has 0 radical (unpaired) electrons. The van der Waals surface area contributed by atoms with Crippen LogP contribution >= 0.6 is 0 Å². The summed E-state index contributed by atoms with van der Waals surface area (Å²) in [6, 6.07) is 0. The number of rotatable bonds is 8. The lowest BCUT2D eigenvalue weighted by Crippen LogP contribution is -2.32. The van der Waals surface area contributed by atoms with Gasteiger partial charge >= 0.3 is 5.97 Å². The van der Waals surface area contributed by atoms with Crippen molar-refractivity contribution in [2.75, 3.05) is 33.4 Å². The van der Waals surface area contributed by atoms with Crippen molar-refractivity contribution in [3.05, 3.63) is 12.2 Å². The van der Waals surface area contributed by atoms with Gasteiger partial charge in [-0.2, -0.15) is 0 Å². The third-order valence-electron chi connectivity index (χ3n) is 1.64. The largest absolute Gasteiger partial charge is 0.463 e. The van der Waals surface area contributed by atoms with Crippen LogP contribution in [0.5, 0.6) is 0 Å². The van der Waals surface area contributed by atoms with E-state index in [1.807, 2.05) is 0 Å². The van der Waals surface area contributed by atoms with E-state index in [9.17, 15) is 9.90 Å². The summed E-state index contributed by atoms with van der Waals surface area (Å²) in [4.78, 5) is 11.1. The van der Waals surface area contributed by atoms with Crippen molar-refractivity contribution >= 4 is 5.97 Å². The predicted octanol–water partition coefficient (Wildman–Crippen LogP) is -0.297. The van der Waals surface area contributed by atoms with E-state index in [1.54, 1.807) is 6.92 Å². The van der Waals surface area contributed by atoms with Gasteiger partial charge in [-0.3, -0.25) is 0 Å². The van der Waals surface area contributed by atoms with Gasteiger partial charge in [0.05, 0.1) is 19.3 Å². The fourth-order valence-corrected chi connectivity index (χ4v) is 0.946. The van der Waals surface area contributed by atoms with E-state index in [1.165, 1.54) is 7.11 Å². The van der Waals surface area contributed by atoms with Crippen molar-refractivity contribution in [3.8, 4) is 0 Å². The highest BCUT2D eigenvalue weighted by Gasteiger charge is 2.08. The van der Waals surface area contributed by atoms with E-state index in [0.29, 0.717) is 25.3 Å². The zero-order chi connectivity index (χ0) is 11.7. The van der Waals surface area contributed by atoms with E-state index >= 15 is 0 Å². The number of aliphatic hydroxyl groups is 1. The highest BCUT2D eigenvalue weighted by atomic mass is 16.5. The van der Waals surface area contributed by atoms with Gasteiger partial charge < -0.3 is 19.9 Å². The maximum Gasteiger partial charge on any atom is 0.334 e. The smallest absolute Gasteiger partial charge is 0.334 e. The molecule has 1 unspecified atom stereocenters. The Morgan fingerprint density at radius 1 is 1.60 bits per heavy atom. The van der Waals surface area contributed by atoms with Gasteiger partial charge in [-0.25, -0.2) is 4.79 Å². The van der Waals surface area contributed by atoms with Crippen molar-refractivity contribution in [1.82, 2.24) is 5.32 Å². The summed E-state index contributed by atoms with van der Waals surface area (Å²) >= 11 is 0. The predicted molar refractivity (Wildman–Crippen MR) is 56.5 cm³/mol. The molecule has 0 saturated heterocycles. The number of methoxy groups -OCH3 is 1. The van der Waals surface area contributed by atoms with E-state index in [4.69, 9.17) is 9.47 Å². The molecule has 15 heavy (non-hydrogen) atoms. The monoisotopic (exact) mass is 217 g/mol. The third-order valence-corrected chi connectivity index (χ3v) is 1.64. The normalized spacial score (nSPS) is 12.2. The van der Waals surface area contributed by atoms with Crippen LogP contribution in [0, 0.1) is 0 Å². The molecule has 0 rings (SSSR count). The lowest BCUT2D eigenvalue weighted by Gasteiger charge is -2.11. The summed E-state index contributed by atoms with van der Waals surface area (Å²) in [5, 5.41) is 12.1. The summed E-state index contributed by atoms with van der Waals surface area (Å²) in [6.07, 6.45) is -0.579. The van der Waals surface area contributed by atoms with Crippen molar-refractivity contribution in [2.24, 2.45) is 0 Å². The molecule has 0 amide bonds. The standard InChI is InChI=1S/C10H19NO4/c1-4-15-10(13)8(2)5-11-6-9(12)7-14-3/h9,11-12H,2,4-7H2,1,3H3. The van der Waals surface area contributed by atoms with Crippen molar-refractivity contribution < 1.29 is 19.4 Å². The molecule has 5 heteroatoms. The SMILES string of the molecule is C=C(CNCC(O)COC)C(=O)OCC. The summed E-state index contributed by atoms with van der Waals surface area (Å²) in [5.74, 6) is -0.411. The fraction of sp³-hybridized carbons (Fsp3) is 0.700. The molecule has 0 aromatic heterocycles. The first kappa shape index (κ1) is 14.1. The average Bonchev–Trinajstić information content (AvgIpc) is 2.18. The number of aliphatic hydroxyl groups excluding tert-OH is 1. The van der Waals surface area contributed by atoms with Crippen LogP contribution in [0.15, 0.2) is 12.2 Å². The molecule has 1 atom stereocenters. The second-order valence-corrected chi connectivity index (χ2v) is 3.06. The van der Waals surface area contributed by atoms with Crippen LogP contribution in [0.4, 0.5) is 0 Å². The number of hydrogen-bond donors (Lipinski definition) is 2. The molecule has 0 heterocycles. The number of esters is 1. The van der Waals surface area contributed by atoms with Gasteiger partial charge in [-0.05, 0) is 6.92 Å². The molecule has 0 aliphatic carbocycles. The van der Waals surface area contributed by atoms with E-state index in [-0.39, 0.29) is 6.61 Å². The van der Waals surface area contributed by atoms with Crippen LogP contribution in [0.1, 0.15) is 6.92 Å². The lowest BCUT2D eigenvalue weighted by molar-refractivity contribution is -0.138. The highest BCUT2D eigenvalue weighted by Crippen LogP contribution is 1.92. The van der Waals surface area contributed by atoms with Crippen molar-refractivity contribution in [1.29, 1.82) is 0 Å². The maximum absolute atomic E-state index is 11.1. The zero-order valence-corrected chi connectivity index (χ0v) is 9.28. The van der Waals surface area contributed by atoms with Crippen LogP contribution in [0.3, 0.4) is 0 Å². The first-order chi connectivity index (χ1) is 7.11. The van der Waals surface area contributed by atoms with Gasteiger partial charge in [-0.15, -0.1) is 0 Å². The summed E-state index contributed by atoms with van der Waals surface area (Å²) in [6.45, 7) is 6.56. The second kappa shape index (κ2) is 8.40. The molecule has 0 bridgehead atoms. The molecule has 5 nitrogen and oxygen atoms in total. The van der Waals surface area contributed by atoms with Gasteiger partial charge in [0, 0.05) is 25.8 Å². The average molecular weight is 217 g/mol. The molecule has 0 saturated carbocycles. The fourth-order valence-electron chi connectivity index (χ4n) is 0.946. The van der Waals surface area contributed by atoms with Gasteiger partial charge in [0.2, 0.25) is 0 Å². The number of carbonyl (C=O) groups excluding carboxylic acids is 1. The van der Waals surface area contributed by atoms with Crippen LogP contribution in [0.25, 0.3) is 0 Å². The van der Waals surface area contributed by atoms with E-state index in [0.717, 1.165) is 0 Å². The molecule has 0 aliphatic heterocycles. The summed E-state index contributed by atoms with van der Waals surface area (Å²) in [5.41, 5.74) is 0.349. The molecule has 2 N–H and O–H groups in total. The molecule has 0 aromatic rings. The highest BCUT2D eigenvalue weighted by molar-refractivity contribution is 5.88. The second-order valence-electron chi connectivity index (χ2n) is 3.06. The molecule has 0 aromatic carbocycles. The maximum atomic E-state index is 11.1. The Balaban J connectivity index is 3.58. The van der Waals surface area contributed by atoms with Crippen LogP contribution in [-0.2, 0) is 14.3 Å². The van der Waals surface area contributed by atoms with Gasteiger partial charge in [-0.1, -0.05) is 6.58 Å². The minimum absolute atomic E-state index is 0.263. The first-order valence-corrected chi connectivity index (χ1v) is 4.84. The van der Waals surface area contributed by atoms with Crippen molar-refractivity contribution in [3.63, 3.8) is 0 Å². The van der Waals surface area contributed by atoms with Gasteiger partial charge in [0.15, 0.2) is 0 Å². The topological polar surface area (TPSA) is 67.8 Å². The Labute approximate surface area is 90.1 Å². The Morgan fingerprint density at radius 2 is 2.27 bits per heavy atom. The molecular formula is C10H19NO4. The molecule has 0 spiro atoms. The zero-order valence-electron chi connectivity index (χ0n) is 9.28. The summed E-state index contributed by atoms with van der Waals surface area (Å²) < 4.78 is 9.49. The van der Waals surface area contributed by atoms with E-state index in [2.05, 4.69) is 11.9 Å². The minimum atomic E-state index is -0.579. The number of nitrogens with one attached hydrogen (secondary N) is 1. The van der Waals surface area contributed by atoms with Crippen LogP contribution in [0.2, 0.25) is 0 Å². The van der Waals surface area contributed by atoms with Gasteiger partial charge in [0.1, 0.15) is 0 Å². The molecular weight excluding hydrogens is 198 g/mol. The quantitative estimate of drug-likeness (QED) is 0.432. The Hall–Kier alpha value is -0.910. The number of hydrogen-bond acceptors (Lipinski definition) is 5.